The first-order valence-electron chi connectivity index (χ1n) is 9.41. The SMILES string of the molecule is CCOc1cc(/C=C2/SC(=O)N(Cc3ccc([N+](=O)[O-])cc3)C2=O)cc(Br)c1OCC. The second kappa shape index (κ2) is 9.97. The van der Waals surface area contributed by atoms with E-state index in [0.717, 1.165) is 16.7 Å². The highest BCUT2D eigenvalue weighted by atomic mass is 79.9. The lowest BCUT2D eigenvalue weighted by atomic mass is 10.1. The van der Waals surface area contributed by atoms with Crippen LogP contribution in [0.5, 0.6) is 11.5 Å². The third-order valence-corrected chi connectivity index (χ3v) is 5.78. The van der Waals surface area contributed by atoms with Gasteiger partial charge in [-0.3, -0.25) is 24.6 Å². The van der Waals surface area contributed by atoms with Crippen molar-refractivity contribution in [1.82, 2.24) is 4.90 Å². The Morgan fingerprint density at radius 3 is 2.42 bits per heavy atom. The van der Waals surface area contributed by atoms with Gasteiger partial charge in [0.2, 0.25) is 0 Å². The number of hydrogen-bond donors (Lipinski definition) is 0. The molecule has 0 atom stereocenters. The van der Waals surface area contributed by atoms with E-state index in [4.69, 9.17) is 9.47 Å². The maximum Gasteiger partial charge on any atom is 0.293 e. The summed E-state index contributed by atoms with van der Waals surface area (Å²) >= 11 is 4.31. The van der Waals surface area contributed by atoms with Crippen LogP contribution in [0.15, 0.2) is 45.8 Å². The van der Waals surface area contributed by atoms with Crippen molar-refractivity contribution in [1.29, 1.82) is 0 Å². The van der Waals surface area contributed by atoms with E-state index in [1.807, 2.05) is 13.8 Å². The average Bonchev–Trinajstić information content (AvgIpc) is 2.98. The molecule has 0 aromatic heterocycles. The summed E-state index contributed by atoms with van der Waals surface area (Å²) in [6, 6.07) is 9.29. The van der Waals surface area contributed by atoms with Crippen LogP contribution < -0.4 is 9.47 Å². The number of ether oxygens (including phenoxy) is 2. The highest BCUT2D eigenvalue weighted by molar-refractivity contribution is 9.10. The summed E-state index contributed by atoms with van der Waals surface area (Å²) < 4.78 is 11.9. The molecule has 0 unspecified atom stereocenters. The molecule has 1 aliphatic heterocycles. The van der Waals surface area contributed by atoms with Crippen LogP contribution in [0, 0.1) is 10.1 Å². The Morgan fingerprint density at radius 1 is 1.13 bits per heavy atom. The standard InChI is InChI=1S/C21H19BrN2O6S/c1-3-29-17-10-14(9-16(22)19(17)30-4-2)11-18-20(25)23(21(26)31-18)12-13-5-7-15(8-6-13)24(27)28/h5-11H,3-4,12H2,1-2H3/b18-11+. The molecule has 1 aliphatic rings. The number of thioether (sulfide) groups is 1. The lowest BCUT2D eigenvalue weighted by molar-refractivity contribution is -0.384. The molecule has 3 rings (SSSR count). The molecule has 1 saturated heterocycles. The van der Waals surface area contributed by atoms with Crippen molar-refractivity contribution in [2.75, 3.05) is 13.2 Å². The second-order valence-corrected chi connectivity index (χ2v) is 8.23. The number of rotatable bonds is 8. The van der Waals surface area contributed by atoms with Crippen LogP contribution in [0.2, 0.25) is 0 Å². The maximum absolute atomic E-state index is 12.8. The molecule has 2 aromatic rings. The van der Waals surface area contributed by atoms with E-state index in [2.05, 4.69) is 15.9 Å². The zero-order valence-corrected chi connectivity index (χ0v) is 19.2. The Labute approximate surface area is 191 Å². The topological polar surface area (TPSA) is 99.0 Å². The summed E-state index contributed by atoms with van der Waals surface area (Å²) in [7, 11) is 0. The van der Waals surface area contributed by atoms with Gasteiger partial charge in [0.1, 0.15) is 0 Å². The van der Waals surface area contributed by atoms with Gasteiger partial charge in [0.05, 0.1) is 34.1 Å². The van der Waals surface area contributed by atoms with Crippen molar-refractivity contribution < 1.29 is 24.0 Å². The molecule has 0 radical (unpaired) electrons. The number of benzene rings is 2. The molecule has 10 heteroatoms. The van der Waals surface area contributed by atoms with E-state index in [9.17, 15) is 19.7 Å². The van der Waals surface area contributed by atoms with Gasteiger partial charge in [-0.15, -0.1) is 0 Å². The van der Waals surface area contributed by atoms with Crippen molar-refractivity contribution in [2.24, 2.45) is 0 Å². The zero-order valence-electron chi connectivity index (χ0n) is 16.8. The molecule has 1 heterocycles. The Kier molecular flexibility index (Phi) is 7.34. The van der Waals surface area contributed by atoms with Gasteiger partial charge in [-0.25, -0.2) is 0 Å². The number of non-ortho nitro benzene ring substituents is 1. The third-order valence-electron chi connectivity index (χ3n) is 4.28. The van der Waals surface area contributed by atoms with E-state index in [1.165, 1.54) is 24.3 Å². The molecule has 2 aromatic carbocycles. The molecule has 0 N–H and O–H groups in total. The molecule has 1 fully saturated rings. The molecule has 162 valence electrons. The summed E-state index contributed by atoms with van der Waals surface area (Å²) in [6.45, 7) is 4.69. The normalized spacial score (nSPS) is 14.9. The van der Waals surface area contributed by atoms with Crippen molar-refractivity contribution >= 4 is 50.6 Å². The quantitative estimate of drug-likeness (QED) is 0.268. The van der Waals surface area contributed by atoms with Gasteiger partial charge in [0.15, 0.2) is 11.5 Å². The molecular formula is C21H19BrN2O6S. The molecule has 0 aliphatic carbocycles. The molecule has 2 amide bonds. The van der Waals surface area contributed by atoms with Crippen LogP contribution in [-0.2, 0) is 11.3 Å². The molecule has 8 nitrogen and oxygen atoms in total. The van der Waals surface area contributed by atoms with Gasteiger partial charge in [0, 0.05) is 12.1 Å². The summed E-state index contributed by atoms with van der Waals surface area (Å²) in [6.07, 6.45) is 1.63. The predicted octanol–water partition coefficient (Wildman–Crippen LogP) is 5.39. The van der Waals surface area contributed by atoms with Gasteiger partial charge in [0.25, 0.3) is 16.8 Å². The van der Waals surface area contributed by atoms with E-state index >= 15 is 0 Å². The number of hydrogen-bond acceptors (Lipinski definition) is 7. The lowest BCUT2D eigenvalue weighted by Gasteiger charge is -2.14. The molecule has 31 heavy (non-hydrogen) atoms. The Balaban J connectivity index is 1.83. The highest BCUT2D eigenvalue weighted by Crippen LogP contribution is 2.39. The third kappa shape index (κ3) is 5.26. The van der Waals surface area contributed by atoms with Crippen LogP contribution in [0.25, 0.3) is 6.08 Å². The first-order chi connectivity index (χ1) is 14.8. The molecular weight excluding hydrogens is 488 g/mol. The van der Waals surface area contributed by atoms with Crippen LogP contribution in [0.1, 0.15) is 25.0 Å². The van der Waals surface area contributed by atoms with Crippen molar-refractivity contribution in [2.45, 2.75) is 20.4 Å². The molecule has 0 bridgehead atoms. The predicted molar refractivity (Wildman–Crippen MR) is 121 cm³/mol. The van der Waals surface area contributed by atoms with Crippen LogP contribution in [-0.4, -0.2) is 34.2 Å². The van der Waals surface area contributed by atoms with E-state index < -0.39 is 16.1 Å². The number of nitro groups is 1. The highest BCUT2D eigenvalue weighted by Gasteiger charge is 2.35. The summed E-state index contributed by atoms with van der Waals surface area (Å²) in [5.74, 6) is 0.694. The largest absolute Gasteiger partial charge is 0.490 e. The number of amides is 2. The number of imide groups is 1. The van der Waals surface area contributed by atoms with Gasteiger partial charge in [-0.05, 0) is 70.9 Å². The monoisotopic (exact) mass is 506 g/mol. The van der Waals surface area contributed by atoms with Crippen LogP contribution in [0.3, 0.4) is 0 Å². The van der Waals surface area contributed by atoms with E-state index in [-0.39, 0.29) is 17.1 Å². The zero-order chi connectivity index (χ0) is 22.5. The van der Waals surface area contributed by atoms with Crippen molar-refractivity contribution in [3.8, 4) is 11.5 Å². The minimum atomic E-state index is -0.502. The minimum absolute atomic E-state index is 0.0389. The van der Waals surface area contributed by atoms with Gasteiger partial charge in [-0.2, -0.15) is 0 Å². The van der Waals surface area contributed by atoms with Gasteiger partial charge < -0.3 is 9.47 Å². The number of carbonyl (C=O) groups excluding carboxylic acids is 2. The fourth-order valence-corrected chi connectivity index (χ4v) is 4.32. The maximum atomic E-state index is 12.8. The second-order valence-electron chi connectivity index (χ2n) is 6.39. The minimum Gasteiger partial charge on any atom is -0.490 e. The lowest BCUT2D eigenvalue weighted by Crippen LogP contribution is -2.27. The molecule has 0 spiro atoms. The number of carbonyl (C=O) groups is 2. The Hall–Kier alpha value is -2.85. The number of nitro benzene ring substituents is 1. The number of nitrogens with zero attached hydrogens (tertiary/aromatic N) is 2. The van der Waals surface area contributed by atoms with Crippen molar-refractivity contribution in [3.63, 3.8) is 0 Å². The summed E-state index contributed by atoms with van der Waals surface area (Å²) in [5, 5.41) is 10.4. The fraction of sp³-hybridized carbons (Fsp3) is 0.238. The average molecular weight is 507 g/mol. The van der Waals surface area contributed by atoms with Gasteiger partial charge in [-0.1, -0.05) is 12.1 Å². The first kappa shape index (κ1) is 22.8. The fourth-order valence-electron chi connectivity index (χ4n) is 2.91. The summed E-state index contributed by atoms with van der Waals surface area (Å²) in [5.41, 5.74) is 1.25. The van der Waals surface area contributed by atoms with Crippen molar-refractivity contribution in [3.05, 3.63) is 67.0 Å². The Morgan fingerprint density at radius 2 is 1.81 bits per heavy atom. The van der Waals surface area contributed by atoms with Gasteiger partial charge >= 0.3 is 0 Å². The summed E-state index contributed by atoms with van der Waals surface area (Å²) in [4.78, 5) is 36.9. The van der Waals surface area contributed by atoms with E-state index in [0.29, 0.717) is 40.3 Å². The molecule has 0 saturated carbocycles. The van der Waals surface area contributed by atoms with E-state index in [1.54, 1.807) is 18.2 Å². The first-order valence-corrected chi connectivity index (χ1v) is 11.0. The number of halogens is 1. The Bertz CT molecular complexity index is 1050. The van der Waals surface area contributed by atoms with Crippen LogP contribution in [0.4, 0.5) is 10.5 Å². The smallest absolute Gasteiger partial charge is 0.293 e. The van der Waals surface area contributed by atoms with Crippen LogP contribution >= 0.6 is 27.7 Å².